The molecule has 1 amide bonds. The number of anilines is 1. The van der Waals surface area contributed by atoms with Crippen LogP contribution in [0.4, 0.5) is 5.69 Å². The minimum atomic E-state index is -0.563. The largest absolute Gasteiger partial charge is 0.497 e. The lowest BCUT2D eigenvalue weighted by atomic mass is 10.2. The van der Waals surface area contributed by atoms with E-state index in [1.807, 2.05) is 24.3 Å². The van der Waals surface area contributed by atoms with Crippen molar-refractivity contribution in [3.05, 3.63) is 42.1 Å². The molecule has 98 valence electrons. The van der Waals surface area contributed by atoms with Gasteiger partial charge in [0.1, 0.15) is 10.8 Å². The molecule has 0 atom stereocenters. The second-order valence-electron chi connectivity index (χ2n) is 3.76. The fourth-order valence-corrected chi connectivity index (χ4v) is 2.35. The fourth-order valence-electron chi connectivity index (χ4n) is 1.50. The number of primary amides is 1. The van der Waals surface area contributed by atoms with Gasteiger partial charge in [-0.3, -0.25) is 4.79 Å². The lowest BCUT2D eigenvalue weighted by Crippen LogP contribution is -2.13. The smallest absolute Gasteiger partial charge is 0.250 e. The van der Waals surface area contributed by atoms with Gasteiger partial charge in [-0.15, -0.1) is 0 Å². The van der Waals surface area contributed by atoms with Gasteiger partial charge in [0.15, 0.2) is 0 Å². The molecule has 5 nitrogen and oxygen atoms in total. The van der Waals surface area contributed by atoms with E-state index in [4.69, 9.17) is 16.2 Å². The third-order valence-corrected chi connectivity index (χ3v) is 3.36. The molecule has 0 bridgehead atoms. The van der Waals surface area contributed by atoms with Crippen LogP contribution in [0.1, 0.15) is 10.4 Å². The van der Waals surface area contributed by atoms with Crippen molar-refractivity contribution in [2.24, 2.45) is 5.73 Å². The van der Waals surface area contributed by atoms with Crippen molar-refractivity contribution < 1.29 is 9.53 Å². The van der Waals surface area contributed by atoms with Crippen molar-refractivity contribution >= 4 is 23.4 Å². The van der Waals surface area contributed by atoms with Crippen LogP contribution in [0.15, 0.2) is 46.5 Å². The highest BCUT2D eigenvalue weighted by molar-refractivity contribution is 7.99. The Balaban J connectivity index is 2.28. The summed E-state index contributed by atoms with van der Waals surface area (Å²) in [7, 11) is 1.61. The third-order valence-electron chi connectivity index (χ3n) is 2.44. The van der Waals surface area contributed by atoms with E-state index in [-0.39, 0.29) is 11.3 Å². The summed E-state index contributed by atoms with van der Waals surface area (Å²) >= 11 is 1.40. The van der Waals surface area contributed by atoms with Crippen molar-refractivity contribution in [1.82, 2.24) is 4.98 Å². The Kier molecular flexibility index (Phi) is 3.91. The highest BCUT2D eigenvalue weighted by atomic mass is 32.2. The Morgan fingerprint density at radius 3 is 2.84 bits per heavy atom. The van der Waals surface area contributed by atoms with E-state index in [0.29, 0.717) is 5.03 Å². The zero-order valence-corrected chi connectivity index (χ0v) is 11.1. The molecule has 6 heteroatoms. The molecule has 1 heterocycles. The van der Waals surface area contributed by atoms with Gasteiger partial charge >= 0.3 is 0 Å². The summed E-state index contributed by atoms with van der Waals surface area (Å²) in [6.45, 7) is 0. The molecule has 1 aromatic carbocycles. The van der Waals surface area contributed by atoms with Crippen molar-refractivity contribution in [2.75, 3.05) is 12.8 Å². The van der Waals surface area contributed by atoms with Gasteiger partial charge in [0.05, 0.1) is 24.6 Å². The average Bonchev–Trinajstić information content (AvgIpc) is 2.41. The molecule has 0 saturated carbocycles. The van der Waals surface area contributed by atoms with Gasteiger partial charge < -0.3 is 16.2 Å². The molecule has 2 aromatic rings. The number of nitrogens with two attached hydrogens (primary N) is 2. The second-order valence-corrected chi connectivity index (χ2v) is 4.85. The van der Waals surface area contributed by atoms with Crippen LogP contribution in [-0.4, -0.2) is 18.0 Å². The maximum atomic E-state index is 11.2. The SMILES string of the molecule is COc1cccc(Sc2cc(C(N)=O)c(N)cn2)c1. The summed E-state index contributed by atoms with van der Waals surface area (Å²) < 4.78 is 5.15. The monoisotopic (exact) mass is 275 g/mol. The molecule has 0 spiro atoms. The van der Waals surface area contributed by atoms with Crippen LogP contribution in [0, 0.1) is 0 Å². The van der Waals surface area contributed by atoms with Crippen LogP contribution in [0.5, 0.6) is 5.75 Å². The lowest BCUT2D eigenvalue weighted by Gasteiger charge is -2.06. The molecule has 0 fully saturated rings. The number of methoxy groups -OCH3 is 1. The number of amides is 1. The van der Waals surface area contributed by atoms with Gasteiger partial charge in [0.2, 0.25) is 0 Å². The van der Waals surface area contributed by atoms with E-state index < -0.39 is 5.91 Å². The van der Waals surface area contributed by atoms with E-state index in [2.05, 4.69) is 4.98 Å². The summed E-state index contributed by atoms with van der Waals surface area (Å²) in [5.74, 6) is 0.197. The number of rotatable bonds is 4. The van der Waals surface area contributed by atoms with E-state index in [0.717, 1.165) is 10.6 Å². The molecule has 0 aliphatic heterocycles. The highest BCUT2D eigenvalue weighted by Gasteiger charge is 2.09. The van der Waals surface area contributed by atoms with E-state index in [1.165, 1.54) is 18.0 Å². The molecule has 19 heavy (non-hydrogen) atoms. The van der Waals surface area contributed by atoms with Crippen molar-refractivity contribution in [3.8, 4) is 5.75 Å². The van der Waals surface area contributed by atoms with Crippen LogP contribution in [0.3, 0.4) is 0 Å². The van der Waals surface area contributed by atoms with Gasteiger partial charge in [-0.05, 0) is 24.3 Å². The molecule has 4 N–H and O–H groups in total. The molecule has 0 radical (unpaired) electrons. The third kappa shape index (κ3) is 3.17. The molecule has 0 saturated heterocycles. The first-order valence-corrected chi connectivity index (χ1v) is 6.29. The van der Waals surface area contributed by atoms with E-state index in [1.54, 1.807) is 13.2 Å². The molecule has 0 aliphatic carbocycles. The summed E-state index contributed by atoms with van der Waals surface area (Å²) in [4.78, 5) is 16.3. The maximum Gasteiger partial charge on any atom is 0.250 e. The van der Waals surface area contributed by atoms with Gasteiger partial charge in [-0.1, -0.05) is 17.8 Å². The first kappa shape index (κ1) is 13.2. The first-order valence-electron chi connectivity index (χ1n) is 5.47. The second kappa shape index (κ2) is 5.62. The predicted molar refractivity (Wildman–Crippen MR) is 74.3 cm³/mol. The Morgan fingerprint density at radius 2 is 2.16 bits per heavy atom. The normalized spacial score (nSPS) is 10.2. The number of carbonyl (C=O) groups is 1. The Labute approximate surface area is 115 Å². The number of hydrogen-bond donors (Lipinski definition) is 2. The Hall–Kier alpha value is -2.21. The van der Waals surface area contributed by atoms with Crippen molar-refractivity contribution in [2.45, 2.75) is 9.92 Å². The number of pyridine rings is 1. The van der Waals surface area contributed by atoms with E-state index >= 15 is 0 Å². The van der Waals surface area contributed by atoms with Gasteiger partial charge in [0.25, 0.3) is 5.91 Å². The van der Waals surface area contributed by atoms with Gasteiger partial charge in [0, 0.05) is 4.90 Å². The fraction of sp³-hybridized carbons (Fsp3) is 0.0769. The summed E-state index contributed by atoms with van der Waals surface area (Å²) in [5, 5.41) is 0.649. The van der Waals surface area contributed by atoms with Crippen LogP contribution in [0.2, 0.25) is 0 Å². The van der Waals surface area contributed by atoms with Crippen LogP contribution >= 0.6 is 11.8 Å². The maximum absolute atomic E-state index is 11.2. The lowest BCUT2D eigenvalue weighted by molar-refractivity contribution is 0.100. The quantitative estimate of drug-likeness (QED) is 0.889. The average molecular weight is 275 g/mol. The number of hydrogen-bond acceptors (Lipinski definition) is 5. The predicted octanol–water partition coefficient (Wildman–Crippen LogP) is 1.92. The molecule has 0 aliphatic rings. The minimum Gasteiger partial charge on any atom is -0.497 e. The van der Waals surface area contributed by atoms with Crippen LogP contribution in [-0.2, 0) is 0 Å². The number of carbonyl (C=O) groups excluding carboxylic acids is 1. The first-order chi connectivity index (χ1) is 9.10. The zero-order valence-electron chi connectivity index (χ0n) is 10.3. The number of benzene rings is 1. The summed E-state index contributed by atoms with van der Waals surface area (Å²) in [6, 6.07) is 9.13. The zero-order chi connectivity index (χ0) is 13.8. The Bertz CT molecular complexity index is 617. The highest BCUT2D eigenvalue weighted by Crippen LogP contribution is 2.29. The molecule has 0 unspecified atom stereocenters. The topological polar surface area (TPSA) is 91.2 Å². The number of nitrogen functional groups attached to an aromatic ring is 1. The molecule has 2 rings (SSSR count). The summed E-state index contributed by atoms with van der Waals surface area (Å²) in [6.07, 6.45) is 1.43. The van der Waals surface area contributed by atoms with Crippen LogP contribution < -0.4 is 16.2 Å². The Morgan fingerprint density at radius 1 is 1.37 bits per heavy atom. The van der Waals surface area contributed by atoms with E-state index in [9.17, 15) is 4.79 Å². The van der Waals surface area contributed by atoms with Crippen molar-refractivity contribution in [1.29, 1.82) is 0 Å². The van der Waals surface area contributed by atoms with Gasteiger partial charge in [-0.2, -0.15) is 0 Å². The van der Waals surface area contributed by atoms with Crippen LogP contribution in [0.25, 0.3) is 0 Å². The molecule has 1 aromatic heterocycles. The minimum absolute atomic E-state index is 0.278. The summed E-state index contributed by atoms with van der Waals surface area (Å²) in [5.41, 5.74) is 11.4. The standard InChI is InChI=1S/C13H13N3O2S/c1-18-8-3-2-4-9(5-8)19-12-6-10(13(15)17)11(14)7-16-12/h2-7H,14H2,1H3,(H2,15,17). The number of ether oxygens (including phenoxy) is 1. The number of nitrogens with zero attached hydrogens (tertiary/aromatic N) is 1. The van der Waals surface area contributed by atoms with Gasteiger partial charge in [-0.25, -0.2) is 4.98 Å². The number of aromatic nitrogens is 1. The molecular weight excluding hydrogens is 262 g/mol. The van der Waals surface area contributed by atoms with Crippen molar-refractivity contribution in [3.63, 3.8) is 0 Å². The molecular formula is C13H13N3O2S.